The summed E-state index contributed by atoms with van der Waals surface area (Å²) in [6.45, 7) is 3.90. The Balaban J connectivity index is 1.75. The molecule has 0 aliphatic heterocycles. The van der Waals surface area contributed by atoms with Crippen molar-refractivity contribution in [3.05, 3.63) is 64.7 Å². The van der Waals surface area contributed by atoms with Gasteiger partial charge in [0.15, 0.2) is 0 Å². The molecule has 3 N–H and O–H groups in total. The molecular formula is C26H32ClN3O3. The second kappa shape index (κ2) is 11.8. The first kappa shape index (κ1) is 24.8. The second-order valence-corrected chi connectivity index (χ2v) is 9.41. The van der Waals surface area contributed by atoms with Crippen molar-refractivity contribution in [3.8, 4) is 0 Å². The third kappa shape index (κ3) is 7.32. The van der Waals surface area contributed by atoms with Crippen LogP contribution in [-0.4, -0.2) is 23.8 Å². The molecule has 2 aromatic carbocycles. The topological polar surface area (TPSA) is 87.3 Å². The fraction of sp³-hybridized carbons (Fsp3) is 0.423. The van der Waals surface area contributed by atoms with Crippen LogP contribution >= 0.6 is 11.6 Å². The Labute approximate surface area is 200 Å². The molecule has 2 aromatic rings. The highest BCUT2D eigenvalue weighted by Gasteiger charge is 2.24. The summed E-state index contributed by atoms with van der Waals surface area (Å²) in [6, 6.07) is 13.2. The molecule has 1 aliphatic rings. The Morgan fingerprint density at radius 1 is 1.00 bits per heavy atom. The summed E-state index contributed by atoms with van der Waals surface area (Å²) in [6.07, 6.45) is 5.67. The molecule has 0 saturated heterocycles. The van der Waals surface area contributed by atoms with E-state index in [1.807, 2.05) is 32.0 Å². The highest BCUT2D eigenvalue weighted by Crippen LogP contribution is 2.24. The Morgan fingerprint density at radius 3 is 2.36 bits per heavy atom. The molecule has 1 saturated carbocycles. The number of hydrogen-bond donors (Lipinski definition) is 3. The number of nitrogens with one attached hydrogen (secondary N) is 3. The number of halogens is 1. The Kier molecular flexibility index (Phi) is 8.89. The van der Waals surface area contributed by atoms with Crippen LogP contribution in [-0.2, 0) is 9.59 Å². The second-order valence-electron chi connectivity index (χ2n) is 9.00. The molecular weight excluding hydrogens is 438 g/mol. The summed E-state index contributed by atoms with van der Waals surface area (Å²) in [5.74, 6) is -0.657. The average Bonchev–Trinajstić information content (AvgIpc) is 2.79. The maximum atomic E-state index is 13.2. The van der Waals surface area contributed by atoms with Gasteiger partial charge < -0.3 is 16.0 Å². The first-order valence-electron chi connectivity index (χ1n) is 11.6. The maximum absolute atomic E-state index is 13.2. The molecule has 6 nitrogen and oxygen atoms in total. The van der Waals surface area contributed by atoms with Gasteiger partial charge in [0.05, 0.1) is 10.6 Å². The Hall–Kier alpha value is -2.86. The summed E-state index contributed by atoms with van der Waals surface area (Å²) >= 11 is 6.29. The van der Waals surface area contributed by atoms with Crippen LogP contribution in [0.15, 0.2) is 48.5 Å². The molecule has 7 heteroatoms. The summed E-state index contributed by atoms with van der Waals surface area (Å²) < 4.78 is 0. The van der Waals surface area contributed by atoms with E-state index in [1.165, 1.54) is 6.42 Å². The van der Waals surface area contributed by atoms with Crippen LogP contribution in [0.5, 0.6) is 0 Å². The molecule has 0 bridgehead atoms. The predicted molar refractivity (Wildman–Crippen MR) is 131 cm³/mol. The Bertz CT molecular complexity index is 972. The molecule has 0 spiro atoms. The van der Waals surface area contributed by atoms with Gasteiger partial charge in [-0.15, -0.1) is 0 Å². The lowest BCUT2D eigenvalue weighted by Gasteiger charge is -2.23. The highest BCUT2D eigenvalue weighted by atomic mass is 35.5. The van der Waals surface area contributed by atoms with E-state index in [9.17, 15) is 14.4 Å². The molecule has 1 atom stereocenters. The van der Waals surface area contributed by atoms with Gasteiger partial charge in [-0.2, -0.15) is 0 Å². The number of anilines is 1. The van der Waals surface area contributed by atoms with E-state index in [1.54, 1.807) is 30.3 Å². The zero-order valence-electron chi connectivity index (χ0n) is 19.2. The number of rotatable bonds is 8. The summed E-state index contributed by atoms with van der Waals surface area (Å²) in [5.41, 5.74) is 1.44. The van der Waals surface area contributed by atoms with Crippen molar-refractivity contribution in [2.75, 3.05) is 5.32 Å². The quantitative estimate of drug-likeness (QED) is 0.493. The van der Waals surface area contributed by atoms with Crippen molar-refractivity contribution in [2.45, 2.75) is 64.5 Å². The van der Waals surface area contributed by atoms with Crippen LogP contribution in [0.4, 0.5) is 5.69 Å². The van der Waals surface area contributed by atoms with Crippen LogP contribution < -0.4 is 16.0 Å². The van der Waals surface area contributed by atoms with Crippen LogP contribution in [0.1, 0.15) is 74.3 Å². The van der Waals surface area contributed by atoms with Gasteiger partial charge in [-0.25, -0.2) is 0 Å². The SMILES string of the molecule is CC(C)CC(=O)NC(C(=O)Nc1ccc(Cl)c(C(=O)NC2CCCCC2)c1)c1ccccc1. The first-order valence-corrected chi connectivity index (χ1v) is 12.0. The maximum Gasteiger partial charge on any atom is 0.253 e. The fourth-order valence-electron chi connectivity index (χ4n) is 4.04. The molecule has 0 heterocycles. The fourth-order valence-corrected chi connectivity index (χ4v) is 4.24. The van der Waals surface area contributed by atoms with Gasteiger partial charge in [-0.3, -0.25) is 14.4 Å². The minimum atomic E-state index is -0.854. The van der Waals surface area contributed by atoms with E-state index in [4.69, 9.17) is 11.6 Å². The third-order valence-corrected chi connectivity index (χ3v) is 6.04. The number of carbonyl (C=O) groups is 3. The molecule has 0 aromatic heterocycles. The van der Waals surface area contributed by atoms with Crippen LogP contribution in [0.2, 0.25) is 5.02 Å². The van der Waals surface area contributed by atoms with Gasteiger partial charge in [0.1, 0.15) is 6.04 Å². The third-order valence-electron chi connectivity index (χ3n) is 5.71. The minimum Gasteiger partial charge on any atom is -0.349 e. The largest absolute Gasteiger partial charge is 0.349 e. The zero-order valence-corrected chi connectivity index (χ0v) is 20.0. The van der Waals surface area contributed by atoms with E-state index in [0.717, 1.165) is 25.7 Å². The van der Waals surface area contributed by atoms with E-state index in [2.05, 4.69) is 16.0 Å². The molecule has 1 fully saturated rings. The molecule has 1 unspecified atom stereocenters. The molecule has 33 heavy (non-hydrogen) atoms. The van der Waals surface area contributed by atoms with E-state index in [-0.39, 0.29) is 29.7 Å². The summed E-state index contributed by atoms with van der Waals surface area (Å²) in [7, 11) is 0. The first-order chi connectivity index (χ1) is 15.8. The van der Waals surface area contributed by atoms with Crippen molar-refractivity contribution in [1.29, 1.82) is 0 Å². The van der Waals surface area contributed by atoms with Crippen LogP contribution in [0.25, 0.3) is 0 Å². The molecule has 0 radical (unpaired) electrons. The van der Waals surface area contributed by atoms with E-state index >= 15 is 0 Å². The number of hydrogen-bond acceptors (Lipinski definition) is 3. The van der Waals surface area contributed by atoms with Gasteiger partial charge in [-0.1, -0.05) is 75.0 Å². The minimum absolute atomic E-state index is 0.152. The van der Waals surface area contributed by atoms with E-state index < -0.39 is 6.04 Å². The monoisotopic (exact) mass is 469 g/mol. The number of amides is 3. The lowest BCUT2D eigenvalue weighted by Crippen LogP contribution is -2.37. The number of benzene rings is 2. The van der Waals surface area contributed by atoms with Gasteiger partial charge in [0, 0.05) is 18.2 Å². The van der Waals surface area contributed by atoms with Crippen molar-refractivity contribution < 1.29 is 14.4 Å². The lowest BCUT2D eigenvalue weighted by atomic mass is 9.95. The van der Waals surface area contributed by atoms with Gasteiger partial charge in [0.25, 0.3) is 11.8 Å². The normalized spacial score (nSPS) is 15.0. The predicted octanol–water partition coefficient (Wildman–Crippen LogP) is 5.24. The van der Waals surface area contributed by atoms with Crippen molar-refractivity contribution in [3.63, 3.8) is 0 Å². The van der Waals surface area contributed by atoms with Crippen molar-refractivity contribution >= 4 is 35.0 Å². The molecule has 3 rings (SSSR count). The highest BCUT2D eigenvalue weighted by molar-refractivity contribution is 6.34. The number of carbonyl (C=O) groups excluding carboxylic acids is 3. The molecule has 3 amide bonds. The van der Waals surface area contributed by atoms with Gasteiger partial charge in [-0.05, 0) is 42.5 Å². The standard InChI is InChI=1S/C26H32ClN3O3/c1-17(2)15-23(31)30-24(18-9-5-3-6-10-18)26(33)29-20-13-14-22(27)21(16-20)25(32)28-19-11-7-4-8-12-19/h3,5-6,9-10,13-14,16-17,19,24H,4,7-8,11-12,15H2,1-2H3,(H,28,32)(H,29,33)(H,30,31). The molecule has 1 aliphatic carbocycles. The summed E-state index contributed by atoms with van der Waals surface area (Å²) in [4.78, 5) is 38.4. The average molecular weight is 470 g/mol. The zero-order chi connectivity index (χ0) is 23.8. The van der Waals surface area contributed by atoms with Crippen molar-refractivity contribution in [1.82, 2.24) is 10.6 Å². The smallest absolute Gasteiger partial charge is 0.253 e. The van der Waals surface area contributed by atoms with Gasteiger partial charge in [0.2, 0.25) is 5.91 Å². The van der Waals surface area contributed by atoms with Crippen LogP contribution in [0, 0.1) is 5.92 Å². The Morgan fingerprint density at radius 2 is 1.70 bits per heavy atom. The lowest BCUT2D eigenvalue weighted by molar-refractivity contribution is -0.127. The van der Waals surface area contributed by atoms with Gasteiger partial charge >= 0.3 is 0 Å². The van der Waals surface area contributed by atoms with E-state index in [0.29, 0.717) is 28.3 Å². The van der Waals surface area contributed by atoms with Crippen LogP contribution in [0.3, 0.4) is 0 Å². The molecule has 176 valence electrons. The van der Waals surface area contributed by atoms with Crippen molar-refractivity contribution in [2.24, 2.45) is 5.92 Å². The summed E-state index contributed by atoms with van der Waals surface area (Å²) in [5, 5.41) is 9.05.